The van der Waals surface area contributed by atoms with Crippen LogP contribution in [0, 0.1) is 0 Å². The molecule has 1 fully saturated rings. The summed E-state index contributed by atoms with van der Waals surface area (Å²) in [7, 11) is 0. The van der Waals surface area contributed by atoms with E-state index >= 15 is 0 Å². The van der Waals surface area contributed by atoms with Gasteiger partial charge >= 0.3 is 0 Å². The third kappa shape index (κ3) is 4.55. The van der Waals surface area contributed by atoms with Crippen molar-refractivity contribution < 1.29 is 4.79 Å². The predicted molar refractivity (Wildman–Crippen MR) is 121 cm³/mol. The molecular formula is C23H27BrN4O. The van der Waals surface area contributed by atoms with E-state index in [4.69, 9.17) is 0 Å². The molecule has 6 heteroatoms. The number of likely N-dealkylation sites (N-methyl/N-ethyl adjacent to an activating group) is 1. The van der Waals surface area contributed by atoms with E-state index in [1.54, 1.807) is 0 Å². The molecule has 152 valence electrons. The summed E-state index contributed by atoms with van der Waals surface area (Å²) < 4.78 is 0.813. The number of hydrogen-bond donors (Lipinski definition) is 2. The van der Waals surface area contributed by atoms with Crippen LogP contribution in [0.1, 0.15) is 28.5 Å². The van der Waals surface area contributed by atoms with Gasteiger partial charge in [0.05, 0.1) is 4.47 Å². The number of carbonyl (C=O) groups excluding carboxylic acids is 1. The lowest BCUT2D eigenvalue weighted by molar-refractivity contribution is 0.0945. The van der Waals surface area contributed by atoms with Crippen LogP contribution in [-0.4, -0.2) is 53.4 Å². The van der Waals surface area contributed by atoms with Crippen molar-refractivity contribution in [1.29, 1.82) is 0 Å². The topological polar surface area (TPSA) is 51.4 Å². The number of para-hydroxylation sites is 1. The van der Waals surface area contributed by atoms with E-state index in [0.29, 0.717) is 12.2 Å². The zero-order chi connectivity index (χ0) is 20.2. The summed E-state index contributed by atoms with van der Waals surface area (Å²) in [5.41, 5.74) is 3.98. The Morgan fingerprint density at radius 2 is 1.66 bits per heavy atom. The van der Waals surface area contributed by atoms with E-state index in [-0.39, 0.29) is 5.91 Å². The minimum atomic E-state index is -0.0977. The summed E-state index contributed by atoms with van der Waals surface area (Å²) >= 11 is 3.57. The second-order valence-corrected chi connectivity index (χ2v) is 8.31. The monoisotopic (exact) mass is 454 g/mol. The first-order chi connectivity index (χ1) is 14.2. The number of hydrogen-bond acceptors (Lipinski definition) is 3. The lowest BCUT2D eigenvalue weighted by Crippen LogP contribution is -2.45. The molecule has 1 aromatic heterocycles. The van der Waals surface area contributed by atoms with E-state index in [9.17, 15) is 4.79 Å². The molecule has 2 N–H and O–H groups in total. The Bertz CT molecular complexity index is 991. The maximum absolute atomic E-state index is 12.8. The Balaban J connectivity index is 1.42. The van der Waals surface area contributed by atoms with Gasteiger partial charge in [-0.2, -0.15) is 0 Å². The summed E-state index contributed by atoms with van der Waals surface area (Å²) in [6.45, 7) is 9.24. The molecular weight excluding hydrogens is 428 g/mol. The lowest BCUT2D eigenvalue weighted by atomic mass is 10.1. The van der Waals surface area contributed by atoms with Crippen LogP contribution in [0.5, 0.6) is 0 Å². The standard InChI is InChI=1S/C23H27BrN4O/c1-2-27-11-13-28(14-12-27)16-18-8-4-3-7-17(18)15-25-23(29)22-21(24)19-9-5-6-10-20(19)26-22/h3-10,26H,2,11-16H2,1H3,(H,25,29). The number of nitrogens with one attached hydrogen (secondary N) is 2. The predicted octanol–water partition coefficient (Wildman–Crippen LogP) is 4.00. The van der Waals surface area contributed by atoms with Crippen molar-refractivity contribution in [2.75, 3.05) is 32.7 Å². The van der Waals surface area contributed by atoms with Gasteiger partial charge in [-0.1, -0.05) is 49.4 Å². The first kappa shape index (κ1) is 20.1. The molecule has 0 radical (unpaired) electrons. The Kier molecular flexibility index (Phi) is 6.33. The van der Waals surface area contributed by atoms with Gasteiger partial charge in [-0.05, 0) is 39.7 Å². The van der Waals surface area contributed by atoms with E-state index < -0.39 is 0 Å². The van der Waals surface area contributed by atoms with Crippen molar-refractivity contribution in [1.82, 2.24) is 20.1 Å². The van der Waals surface area contributed by atoms with Crippen LogP contribution in [0.2, 0.25) is 0 Å². The largest absolute Gasteiger partial charge is 0.350 e. The number of nitrogens with zero attached hydrogens (tertiary/aromatic N) is 2. The van der Waals surface area contributed by atoms with E-state index in [1.165, 1.54) is 11.1 Å². The first-order valence-electron chi connectivity index (χ1n) is 10.2. The Hall–Kier alpha value is -2.15. The highest BCUT2D eigenvalue weighted by Gasteiger charge is 2.18. The molecule has 2 heterocycles. The van der Waals surface area contributed by atoms with Crippen LogP contribution in [0.15, 0.2) is 53.0 Å². The summed E-state index contributed by atoms with van der Waals surface area (Å²) in [4.78, 5) is 21.0. The van der Waals surface area contributed by atoms with Crippen LogP contribution in [0.3, 0.4) is 0 Å². The van der Waals surface area contributed by atoms with Crippen LogP contribution >= 0.6 is 15.9 Å². The molecule has 1 aliphatic heterocycles. The lowest BCUT2D eigenvalue weighted by Gasteiger charge is -2.34. The molecule has 1 saturated heterocycles. The van der Waals surface area contributed by atoms with Gasteiger partial charge in [0.2, 0.25) is 0 Å². The number of aromatic nitrogens is 1. The van der Waals surface area contributed by atoms with Crippen molar-refractivity contribution in [2.24, 2.45) is 0 Å². The minimum Gasteiger partial charge on any atom is -0.350 e. The third-order valence-electron chi connectivity index (χ3n) is 5.73. The molecule has 5 nitrogen and oxygen atoms in total. The highest BCUT2D eigenvalue weighted by molar-refractivity contribution is 9.10. The van der Waals surface area contributed by atoms with Crippen molar-refractivity contribution in [3.63, 3.8) is 0 Å². The van der Waals surface area contributed by atoms with E-state index in [1.807, 2.05) is 30.3 Å². The molecule has 0 bridgehead atoms. The summed E-state index contributed by atoms with van der Waals surface area (Å²) in [5.74, 6) is -0.0977. The van der Waals surface area contributed by atoms with Crippen LogP contribution < -0.4 is 5.32 Å². The third-order valence-corrected chi connectivity index (χ3v) is 6.56. The fourth-order valence-corrected chi connectivity index (χ4v) is 4.54. The summed E-state index contributed by atoms with van der Waals surface area (Å²) in [5, 5.41) is 4.10. The van der Waals surface area contributed by atoms with Gasteiger partial charge in [-0.25, -0.2) is 0 Å². The van der Waals surface area contributed by atoms with Crippen molar-refractivity contribution in [2.45, 2.75) is 20.0 Å². The van der Waals surface area contributed by atoms with Gasteiger partial charge < -0.3 is 15.2 Å². The average molecular weight is 455 g/mol. The molecule has 0 aliphatic carbocycles. The number of aromatic amines is 1. The second-order valence-electron chi connectivity index (χ2n) is 7.52. The average Bonchev–Trinajstić information content (AvgIpc) is 3.10. The molecule has 0 unspecified atom stereocenters. The van der Waals surface area contributed by atoms with Gasteiger partial charge in [0.15, 0.2) is 0 Å². The zero-order valence-electron chi connectivity index (χ0n) is 16.7. The number of fused-ring (bicyclic) bond motifs is 1. The van der Waals surface area contributed by atoms with E-state index in [0.717, 1.165) is 54.6 Å². The second kappa shape index (κ2) is 9.11. The fraction of sp³-hybridized carbons (Fsp3) is 0.348. The number of halogens is 1. The maximum Gasteiger partial charge on any atom is 0.269 e. The van der Waals surface area contributed by atoms with Gasteiger partial charge in [-0.3, -0.25) is 9.69 Å². The molecule has 0 saturated carbocycles. The Morgan fingerprint density at radius 1 is 1.00 bits per heavy atom. The molecule has 0 spiro atoms. The maximum atomic E-state index is 12.8. The molecule has 2 aromatic carbocycles. The number of rotatable bonds is 6. The number of piperazine rings is 1. The highest BCUT2D eigenvalue weighted by Crippen LogP contribution is 2.27. The van der Waals surface area contributed by atoms with Crippen molar-refractivity contribution >= 4 is 32.7 Å². The summed E-state index contributed by atoms with van der Waals surface area (Å²) in [6, 6.07) is 16.3. The molecule has 0 atom stereocenters. The first-order valence-corrected chi connectivity index (χ1v) is 11.0. The van der Waals surface area contributed by atoms with Crippen molar-refractivity contribution in [3.8, 4) is 0 Å². The molecule has 3 aromatic rings. The SMILES string of the molecule is CCN1CCN(Cc2ccccc2CNC(=O)c2[nH]c3ccccc3c2Br)CC1. The van der Waals surface area contributed by atoms with Crippen LogP contribution in [0.4, 0.5) is 0 Å². The molecule has 1 amide bonds. The van der Waals surface area contributed by atoms with Crippen LogP contribution in [-0.2, 0) is 13.1 Å². The van der Waals surface area contributed by atoms with Crippen LogP contribution in [0.25, 0.3) is 10.9 Å². The van der Waals surface area contributed by atoms with Gasteiger partial charge in [0, 0.05) is 50.2 Å². The quantitative estimate of drug-likeness (QED) is 0.591. The smallest absolute Gasteiger partial charge is 0.269 e. The summed E-state index contributed by atoms with van der Waals surface area (Å²) in [6.07, 6.45) is 0. The number of carbonyl (C=O) groups is 1. The fourth-order valence-electron chi connectivity index (χ4n) is 3.92. The van der Waals surface area contributed by atoms with E-state index in [2.05, 4.69) is 61.2 Å². The normalized spacial score (nSPS) is 15.7. The minimum absolute atomic E-state index is 0.0977. The highest BCUT2D eigenvalue weighted by atomic mass is 79.9. The van der Waals surface area contributed by atoms with Gasteiger partial charge in [-0.15, -0.1) is 0 Å². The van der Waals surface area contributed by atoms with Gasteiger partial charge in [0.1, 0.15) is 5.69 Å². The van der Waals surface area contributed by atoms with Crippen molar-refractivity contribution in [3.05, 3.63) is 69.8 Å². The number of amides is 1. The Morgan fingerprint density at radius 3 is 2.38 bits per heavy atom. The Labute approximate surface area is 180 Å². The zero-order valence-corrected chi connectivity index (χ0v) is 18.3. The number of benzene rings is 2. The molecule has 29 heavy (non-hydrogen) atoms. The molecule has 1 aliphatic rings. The number of H-pyrrole nitrogens is 1. The van der Waals surface area contributed by atoms with Gasteiger partial charge in [0.25, 0.3) is 5.91 Å². The molecule has 4 rings (SSSR count).